The van der Waals surface area contributed by atoms with Crippen LogP contribution in [0.25, 0.3) is 0 Å². The van der Waals surface area contributed by atoms with E-state index >= 15 is 0 Å². The van der Waals surface area contributed by atoms with Gasteiger partial charge in [0.25, 0.3) is 0 Å². The van der Waals surface area contributed by atoms with E-state index in [2.05, 4.69) is 116 Å². The molecule has 0 radical (unpaired) electrons. The maximum absolute atomic E-state index is 5.32. The van der Waals surface area contributed by atoms with Gasteiger partial charge in [-0.1, -0.05) is 78.9 Å². The van der Waals surface area contributed by atoms with Crippen LogP contribution in [0.5, 0.6) is 0 Å². The fourth-order valence-electron chi connectivity index (χ4n) is 4.17. The number of methoxy groups -OCH3 is 2. The molecular weight excluding hydrogens is 423 g/mol. The Balaban J connectivity index is 2.03. The second-order valence-electron chi connectivity index (χ2n) is 8.09. The topological polar surface area (TPSA) is 18.5 Å². The molecule has 2 nitrogen and oxygen atoms in total. The van der Waals surface area contributed by atoms with Crippen molar-refractivity contribution in [2.24, 2.45) is 0 Å². The van der Waals surface area contributed by atoms with Gasteiger partial charge in [-0.05, 0) is 61.4 Å². The van der Waals surface area contributed by atoms with E-state index in [9.17, 15) is 0 Å². The molecule has 0 spiro atoms. The van der Waals surface area contributed by atoms with Gasteiger partial charge >= 0.3 is 0 Å². The van der Waals surface area contributed by atoms with Crippen LogP contribution in [0.3, 0.4) is 0 Å². The van der Waals surface area contributed by atoms with E-state index in [1.807, 2.05) is 13.0 Å². The van der Waals surface area contributed by atoms with Crippen molar-refractivity contribution in [3.63, 3.8) is 0 Å². The summed E-state index contributed by atoms with van der Waals surface area (Å²) in [6.45, 7) is 4.24. The Kier molecular flexibility index (Phi) is 9.39. The standard InChI is InChI=1S/C30H34O2P/c1-25(16-14-15-17-26(2)30(31-3)32-4)24-33(27-18-8-5-9-19-27,28-20-10-6-11-21-28)29-22-12-7-13-23-29/h5-23,30H,24H2,1-4H3/q+1/b15-14+,25-16+,26-17+. The molecule has 0 aromatic heterocycles. The van der Waals surface area contributed by atoms with E-state index in [-0.39, 0.29) is 6.29 Å². The number of hydrogen-bond acceptors (Lipinski definition) is 2. The minimum atomic E-state index is -1.86. The number of allylic oxidation sites excluding steroid dienone is 5. The average Bonchev–Trinajstić information content (AvgIpc) is 2.87. The van der Waals surface area contributed by atoms with E-state index in [0.717, 1.165) is 11.7 Å². The molecule has 0 heterocycles. The van der Waals surface area contributed by atoms with Crippen molar-refractivity contribution in [3.05, 3.63) is 126 Å². The molecule has 3 heteroatoms. The largest absolute Gasteiger partial charge is 0.352 e. The highest BCUT2D eigenvalue weighted by Gasteiger charge is 2.45. The Morgan fingerprint density at radius 2 is 1.06 bits per heavy atom. The van der Waals surface area contributed by atoms with Gasteiger partial charge in [0.2, 0.25) is 0 Å². The number of benzene rings is 3. The summed E-state index contributed by atoms with van der Waals surface area (Å²) in [7, 11) is 1.44. The van der Waals surface area contributed by atoms with Gasteiger partial charge in [0.15, 0.2) is 6.29 Å². The number of ether oxygens (including phenoxy) is 2. The molecule has 170 valence electrons. The van der Waals surface area contributed by atoms with E-state index in [0.29, 0.717) is 0 Å². The lowest BCUT2D eigenvalue weighted by Crippen LogP contribution is -2.33. The van der Waals surface area contributed by atoms with Crippen LogP contribution in [0, 0.1) is 0 Å². The zero-order valence-corrected chi connectivity index (χ0v) is 20.9. The predicted octanol–water partition coefficient (Wildman–Crippen LogP) is 6.05. The molecule has 0 atom stereocenters. The van der Waals surface area contributed by atoms with E-state index in [1.165, 1.54) is 21.5 Å². The van der Waals surface area contributed by atoms with Crippen molar-refractivity contribution in [3.8, 4) is 0 Å². The summed E-state index contributed by atoms with van der Waals surface area (Å²) in [6, 6.07) is 33.0. The highest BCUT2D eigenvalue weighted by atomic mass is 31.2. The first-order valence-corrected chi connectivity index (χ1v) is 13.2. The fraction of sp³-hybridized carbons (Fsp3) is 0.200. The molecule has 0 aliphatic carbocycles. The zero-order valence-electron chi connectivity index (χ0n) is 20.0. The minimum Gasteiger partial charge on any atom is -0.352 e. The highest BCUT2D eigenvalue weighted by molar-refractivity contribution is 7.95. The van der Waals surface area contributed by atoms with Gasteiger partial charge in [-0.15, -0.1) is 0 Å². The van der Waals surface area contributed by atoms with Crippen molar-refractivity contribution in [2.45, 2.75) is 20.1 Å². The second kappa shape index (κ2) is 12.5. The van der Waals surface area contributed by atoms with Crippen LogP contribution in [-0.2, 0) is 9.47 Å². The van der Waals surface area contributed by atoms with Crippen molar-refractivity contribution < 1.29 is 9.47 Å². The Labute approximate surface area is 199 Å². The van der Waals surface area contributed by atoms with Gasteiger partial charge in [-0.3, -0.25) is 0 Å². The third-order valence-electron chi connectivity index (χ3n) is 5.73. The third kappa shape index (κ3) is 6.18. The van der Waals surface area contributed by atoms with Crippen LogP contribution in [0.15, 0.2) is 126 Å². The zero-order chi connectivity index (χ0) is 23.5. The smallest absolute Gasteiger partial charge is 0.179 e. The summed E-state index contributed by atoms with van der Waals surface area (Å²) < 4.78 is 10.6. The Morgan fingerprint density at radius 3 is 1.45 bits per heavy atom. The molecule has 0 saturated carbocycles. The SMILES string of the molecule is COC(OC)/C(C)=C/C=C/C=C(\C)C[P+](c1ccccc1)(c1ccccc1)c1ccccc1. The molecule has 0 aliphatic rings. The van der Waals surface area contributed by atoms with Gasteiger partial charge in [-0.2, -0.15) is 0 Å². The van der Waals surface area contributed by atoms with Gasteiger partial charge in [0, 0.05) is 14.2 Å². The van der Waals surface area contributed by atoms with Crippen molar-refractivity contribution in [2.75, 3.05) is 20.4 Å². The van der Waals surface area contributed by atoms with E-state index in [1.54, 1.807) is 14.2 Å². The molecule has 0 amide bonds. The molecule has 0 aliphatic heterocycles. The first kappa shape index (κ1) is 24.9. The summed E-state index contributed by atoms with van der Waals surface area (Å²) in [5.74, 6) is 0. The number of hydrogen-bond donors (Lipinski definition) is 0. The van der Waals surface area contributed by atoms with Crippen molar-refractivity contribution >= 4 is 23.2 Å². The summed E-state index contributed by atoms with van der Waals surface area (Å²) in [5.41, 5.74) is 2.37. The Hall–Kier alpha value is -2.77. The van der Waals surface area contributed by atoms with Crippen molar-refractivity contribution in [1.82, 2.24) is 0 Å². The van der Waals surface area contributed by atoms with E-state index in [4.69, 9.17) is 9.47 Å². The summed E-state index contributed by atoms with van der Waals surface area (Å²) in [5, 5.41) is 4.20. The lowest BCUT2D eigenvalue weighted by Gasteiger charge is -2.28. The molecular formula is C30H34O2P+. The molecule has 33 heavy (non-hydrogen) atoms. The maximum Gasteiger partial charge on any atom is 0.179 e. The van der Waals surface area contributed by atoms with Gasteiger partial charge in [0.05, 0.1) is 6.16 Å². The van der Waals surface area contributed by atoms with Crippen molar-refractivity contribution in [1.29, 1.82) is 0 Å². The van der Waals surface area contributed by atoms with Crippen LogP contribution in [0.1, 0.15) is 13.8 Å². The van der Waals surface area contributed by atoms with Gasteiger partial charge in [-0.25, -0.2) is 0 Å². The molecule has 0 fully saturated rings. The third-order valence-corrected chi connectivity index (χ3v) is 10.2. The monoisotopic (exact) mass is 457 g/mol. The van der Waals surface area contributed by atoms with Gasteiger partial charge in [0.1, 0.15) is 23.2 Å². The average molecular weight is 458 g/mol. The summed E-state index contributed by atoms with van der Waals surface area (Å²) in [4.78, 5) is 0. The predicted molar refractivity (Wildman–Crippen MR) is 144 cm³/mol. The first-order chi connectivity index (χ1) is 16.1. The molecule has 0 bridgehead atoms. The van der Waals surface area contributed by atoms with Crippen LogP contribution in [0.4, 0.5) is 0 Å². The highest BCUT2D eigenvalue weighted by Crippen LogP contribution is 2.56. The van der Waals surface area contributed by atoms with E-state index < -0.39 is 7.26 Å². The van der Waals surface area contributed by atoms with Gasteiger partial charge < -0.3 is 9.47 Å². The molecule has 3 rings (SSSR count). The molecule has 0 unspecified atom stereocenters. The van der Waals surface area contributed by atoms with Crippen LogP contribution in [-0.4, -0.2) is 26.7 Å². The quantitative estimate of drug-likeness (QED) is 0.210. The summed E-state index contributed by atoms with van der Waals surface area (Å²) >= 11 is 0. The Morgan fingerprint density at radius 1 is 0.667 bits per heavy atom. The molecule has 0 saturated heterocycles. The molecule has 0 N–H and O–H groups in total. The molecule has 3 aromatic rings. The fourth-order valence-corrected chi connectivity index (χ4v) is 8.51. The van der Waals surface area contributed by atoms with Crippen LogP contribution < -0.4 is 15.9 Å². The van der Waals surface area contributed by atoms with Crippen LogP contribution >= 0.6 is 7.26 Å². The summed E-state index contributed by atoms with van der Waals surface area (Å²) in [6.07, 6.45) is 9.09. The molecule has 3 aromatic carbocycles. The minimum absolute atomic E-state index is 0.312. The maximum atomic E-state index is 5.32. The lowest BCUT2D eigenvalue weighted by molar-refractivity contribution is -0.0746. The lowest BCUT2D eigenvalue weighted by atomic mass is 10.2. The Bertz CT molecular complexity index is 969. The van der Waals surface area contributed by atoms with Crippen LogP contribution in [0.2, 0.25) is 0 Å². The first-order valence-electron chi connectivity index (χ1n) is 11.2. The number of rotatable bonds is 10. The second-order valence-corrected chi connectivity index (χ2v) is 11.6. The normalized spacial score (nSPS) is 13.1.